The van der Waals surface area contributed by atoms with E-state index in [0.29, 0.717) is 22.4 Å². The Morgan fingerprint density at radius 3 is 2.63 bits per heavy atom. The average Bonchev–Trinajstić information content (AvgIpc) is 2.65. The second-order valence-corrected chi connectivity index (χ2v) is 5.56. The fourth-order valence-corrected chi connectivity index (χ4v) is 2.43. The molecule has 3 rings (SSSR count). The number of carbonyl (C=O) groups is 2. The van der Waals surface area contributed by atoms with Gasteiger partial charge in [0.25, 0.3) is 11.8 Å². The van der Waals surface area contributed by atoms with Crippen LogP contribution < -0.4 is 26.1 Å². The SMILES string of the molecule is COc1ccc(NC(=O)c2cc3ccccc3oc2=O)cc1OCC(N)=O. The van der Waals surface area contributed by atoms with Crippen molar-refractivity contribution in [3.63, 3.8) is 0 Å². The number of nitrogens with two attached hydrogens (primary N) is 1. The molecule has 8 heteroatoms. The van der Waals surface area contributed by atoms with Gasteiger partial charge in [0.15, 0.2) is 18.1 Å². The van der Waals surface area contributed by atoms with E-state index in [9.17, 15) is 14.4 Å². The van der Waals surface area contributed by atoms with E-state index in [0.717, 1.165) is 0 Å². The van der Waals surface area contributed by atoms with E-state index in [4.69, 9.17) is 19.6 Å². The molecule has 0 aliphatic heterocycles. The summed E-state index contributed by atoms with van der Waals surface area (Å²) in [6.45, 7) is -0.345. The lowest BCUT2D eigenvalue weighted by Crippen LogP contribution is -2.21. The molecule has 0 unspecified atom stereocenters. The number of primary amides is 1. The molecule has 0 fully saturated rings. The van der Waals surface area contributed by atoms with Crippen LogP contribution in [-0.4, -0.2) is 25.5 Å². The van der Waals surface area contributed by atoms with Gasteiger partial charge in [-0.2, -0.15) is 0 Å². The van der Waals surface area contributed by atoms with Crippen LogP contribution in [0, 0.1) is 0 Å². The maximum atomic E-state index is 12.5. The van der Waals surface area contributed by atoms with Crippen molar-refractivity contribution in [2.75, 3.05) is 19.0 Å². The van der Waals surface area contributed by atoms with Crippen molar-refractivity contribution in [1.82, 2.24) is 0 Å². The predicted molar refractivity (Wildman–Crippen MR) is 98.1 cm³/mol. The van der Waals surface area contributed by atoms with E-state index in [1.54, 1.807) is 36.4 Å². The number of methoxy groups -OCH3 is 1. The van der Waals surface area contributed by atoms with Gasteiger partial charge in [0.05, 0.1) is 7.11 Å². The van der Waals surface area contributed by atoms with Crippen LogP contribution in [0.3, 0.4) is 0 Å². The van der Waals surface area contributed by atoms with Crippen LogP contribution in [0.15, 0.2) is 57.7 Å². The average molecular weight is 368 g/mol. The first-order valence-electron chi connectivity index (χ1n) is 7.91. The molecule has 0 aliphatic carbocycles. The van der Waals surface area contributed by atoms with Gasteiger partial charge in [-0.05, 0) is 24.3 Å². The third kappa shape index (κ3) is 4.06. The molecule has 2 aromatic carbocycles. The molecule has 138 valence electrons. The van der Waals surface area contributed by atoms with Gasteiger partial charge in [-0.3, -0.25) is 9.59 Å². The van der Waals surface area contributed by atoms with Gasteiger partial charge in [-0.1, -0.05) is 18.2 Å². The summed E-state index contributed by atoms with van der Waals surface area (Å²) < 4.78 is 15.6. The minimum Gasteiger partial charge on any atom is -0.493 e. The topological polar surface area (TPSA) is 121 Å². The Morgan fingerprint density at radius 2 is 1.89 bits per heavy atom. The van der Waals surface area contributed by atoms with Gasteiger partial charge in [0.1, 0.15) is 11.1 Å². The summed E-state index contributed by atoms with van der Waals surface area (Å²) in [6.07, 6.45) is 0. The van der Waals surface area contributed by atoms with Crippen molar-refractivity contribution in [2.45, 2.75) is 0 Å². The number of nitrogens with one attached hydrogen (secondary N) is 1. The number of hydrogen-bond acceptors (Lipinski definition) is 6. The number of para-hydroxylation sites is 1. The Morgan fingerprint density at radius 1 is 1.11 bits per heavy atom. The second kappa shape index (κ2) is 7.61. The molecule has 1 aromatic heterocycles. The normalized spacial score (nSPS) is 10.4. The third-order valence-corrected chi connectivity index (χ3v) is 3.68. The van der Waals surface area contributed by atoms with Gasteiger partial charge in [0, 0.05) is 17.1 Å². The van der Waals surface area contributed by atoms with Crippen LogP contribution >= 0.6 is 0 Å². The van der Waals surface area contributed by atoms with Gasteiger partial charge in [0.2, 0.25) is 0 Å². The van der Waals surface area contributed by atoms with Crippen molar-refractivity contribution in [2.24, 2.45) is 5.73 Å². The number of carbonyl (C=O) groups excluding carboxylic acids is 2. The summed E-state index contributed by atoms with van der Waals surface area (Å²) in [5.41, 5.74) is 4.92. The highest BCUT2D eigenvalue weighted by atomic mass is 16.5. The summed E-state index contributed by atoms with van der Waals surface area (Å²) in [5, 5.41) is 3.22. The van der Waals surface area contributed by atoms with E-state index in [-0.39, 0.29) is 17.9 Å². The second-order valence-electron chi connectivity index (χ2n) is 5.56. The molecule has 2 amide bonds. The number of anilines is 1. The Balaban J connectivity index is 1.87. The van der Waals surface area contributed by atoms with E-state index in [1.807, 2.05) is 0 Å². The fourth-order valence-electron chi connectivity index (χ4n) is 2.43. The van der Waals surface area contributed by atoms with Gasteiger partial charge in [-0.25, -0.2) is 4.79 Å². The summed E-state index contributed by atoms with van der Waals surface area (Å²) in [4.78, 5) is 35.5. The zero-order chi connectivity index (χ0) is 19.4. The molecular weight excluding hydrogens is 352 g/mol. The first-order valence-corrected chi connectivity index (χ1v) is 7.91. The highest BCUT2D eigenvalue weighted by molar-refractivity contribution is 6.05. The summed E-state index contributed by atoms with van der Waals surface area (Å²) >= 11 is 0. The molecule has 0 aliphatic rings. The number of amides is 2. The fraction of sp³-hybridized carbons (Fsp3) is 0.105. The molecule has 0 atom stereocenters. The number of rotatable bonds is 6. The molecule has 1 heterocycles. The van der Waals surface area contributed by atoms with E-state index in [2.05, 4.69) is 5.32 Å². The van der Waals surface area contributed by atoms with Gasteiger partial charge in [-0.15, -0.1) is 0 Å². The molecule has 3 aromatic rings. The summed E-state index contributed by atoms with van der Waals surface area (Å²) in [7, 11) is 1.44. The lowest BCUT2D eigenvalue weighted by atomic mass is 10.1. The quantitative estimate of drug-likeness (QED) is 0.641. The lowest BCUT2D eigenvalue weighted by Gasteiger charge is -2.12. The number of fused-ring (bicyclic) bond motifs is 1. The first-order chi connectivity index (χ1) is 13.0. The lowest BCUT2D eigenvalue weighted by molar-refractivity contribution is -0.119. The van der Waals surface area contributed by atoms with Crippen molar-refractivity contribution in [1.29, 1.82) is 0 Å². The van der Waals surface area contributed by atoms with Gasteiger partial charge >= 0.3 is 5.63 Å². The Kier molecular flexibility index (Phi) is 5.07. The monoisotopic (exact) mass is 368 g/mol. The molecule has 0 saturated carbocycles. The van der Waals surface area contributed by atoms with Crippen molar-refractivity contribution in [3.05, 3.63) is 64.5 Å². The number of ether oxygens (including phenoxy) is 2. The standard InChI is InChI=1S/C19H16N2O6/c1-25-15-7-6-12(9-16(15)26-10-17(20)22)21-18(23)13-8-11-4-2-3-5-14(11)27-19(13)24/h2-9H,10H2,1H3,(H2,20,22)(H,21,23). The summed E-state index contributed by atoms with van der Waals surface area (Å²) in [5.74, 6) is -0.708. The van der Waals surface area contributed by atoms with Gasteiger partial charge < -0.3 is 24.9 Å². The minimum absolute atomic E-state index is 0.135. The molecule has 0 bridgehead atoms. The Hall–Kier alpha value is -3.81. The maximum Gasteiger partial charge on any atom is 0.349 e. The van der Waals surface area contributed by atoms with E-state index < -0.39 is 17.4 Å². The van der Waals surface area contributed by atoms with Crippen LogP contribution in [0.1, 0.15) is 10.4 Å². The number of benzene rings is 2. The van der Waals surface area contributed by atoms with E-state index in [1.165, 1.54) is 19.2 Å². The molecule has 0 spiro atoms. The van der Waals surface area contributed by atoms with Crippen LogP contribution in [0.5, 0.6) is 11.5 Å². The van der Waals surface area contributed by atoms with Crippen LogP contribution in [0.4, 0.5) is 5.69 Å². The highest BCUT2D eigenvalue weighted by Gasteiger charge is 2.15. The highest BCUT2D eigenvalue weighted by Crippen LogP contribution is 2.30. The summed E-state index contributed by atoms with van der Waals surface area (Å²) in [6, 6.07) is 12.9. The zero-order valence-corrected chi connectivity index (χ0v) is 14.4. The largest absolute Gasteiger partial charge is 0.493 e. The number of hydrogen-bond donors (Lipinski definition) is 2. The van der Waals surface area contributed by atoms with Crippen molar-refractivity contribution in [3.8, 4) is 11.5 Å². The Labute approximate surface area is 153 Å². The smallest absolute Gasteiger partial charge is 0.349 e. The molecule has 0 radical (unpaired) electrons. The van der Waals surface area contributed by atoms with Crippen molar-refractivity contribution >= 4 is 28.5 Å². The molecule has 27 heavy (non-hydrogen) atoms. The first kappa shape index (κ1) is 18.0. The Bertz CT molecular complexity index is 1070. The maximum absolute atomic E-state index is 12.5. The third-order valence-electron chi connectivity index (χ3n) is 3.68. The van der Waals surface area contributed by atoms with E-state index >= 15 is 0 Å². The van der Waals surface area contributed by atoms with Crippen LogP contribution in [0.25, 0.3) is 11.0 Å². The molecular formula is C19H16N2O6. The van der Waals surface area contributed by atoms with Crippen molar-refractivity contribution < 1.29 is 23.5 Å². The van der Waals surface area contributed by atoms with Crippen LogP contribution in [-0.2, 0) is 4.79 Å². The molecule has 8 nitrogen and oxygen atoms in total. The predicted octanol–water partition coefficient (Wildman–Crippen LogP) is 1.92. The molecule has 3 N–H and O–H groups in total. The minimum atomic E-state index is -0.745. The van der Waals surface area contributed by atoms with Crippen LogP contribution in [0.2, 0.25) is 0 Å². The molecule has 0 saturated heterocycles. The zero-order valence-electron chi connectivity index (χ0n) is 14.4.